The Morgan fingerprint density at radius 1 is 1.23 bits per heavy atom. The summed E-state index contributed by atoms with van der Waals surface area (Å²) in [6.45, 7) is 1.84. The number of carboxylic acids is 1. The minimum Gasteiger partial charge on any atom is -0.496 e. The van der Waals surface area contributed by atoms with E-state index in [0.29, 0.717) is 21.0 Å². The number of nitrogens with zero attached hydrogens (tertiary/aromatic N) is 1. The predicted octanol–water partition coefficient (Wildman–Crippen LogP) is 3.15. The van der Waals surface area contributed by atoms with Gasteiger partial charge in [0.25, 0.3) is 5.91 Å². The lowest BCUT2D eigenvalue weighted by Gasteiger charge is -2.17. The fourth-order valence-corrected chi connectivity index (χ4v) is 3.58. The van der Waals surface area contributed by atoms with Crippen LogP contribution in [0.5, 0.6) is 5.75 Å². The molecule has 0 saturated carbocycles. The van der Waals surface area contributed by atoms with E-state index >= 15 is 0 Å². The third kappa shape index (κ3) is 2.95. The second-order valence-corrected chi connectivity index (χ2v) is 6.65. The molecule has 0 aliphatic carbocycles. The predicted molar refractivity (Wildman–Crippen MR) is 97.8 cm³/mol. The third-order valence-electron chi connectivity index (χ3n) is 3.92. The van der Waals surface area contributed by atoms with Gasteiger partial charge in [0.15, 0.2) is 5.58 Å². The number of hydrogen-bond acceptors (Lipinski definition) is 6. The van der Waals surface area contributed by atoms with Gasteiger partial charge in [-0.25, -0.2) is 9.59 Å². The number of fused-ring (bicyclic) bond motifs is 1. The van der Waals surface area contributed by atoms with E-state index < -0.39 is 17.2 Å². The molecule has 134 valence electrons. The lowest BCUT2D eigenvalue weighted by Crippen LogP contribution is -2.26. The molecule has 0 bridgehead atoms. The minimum absolute atomic E-state index is 0.232. The van der Waals surface area contributed by atoms with Gasteiger partial charge in [0.2, 0.25) is 0 Å². The molecule has 0 aliphatic rings. The van der Waals surface area contributed by atoms with Crippen LogP contribution in [-0.4, -0.2) is 31.1 Å². The molecule has 3 aromatic rings. The highest BCUT2D eigenvalue weighted by Gasteiger charge is 2.22. The lowest BCUT2D eigenvalue weighted by atomic mass is 10.1. The Labute approximate surface area is 152 Å². The van der Waals surface area contributed by atoms with Gasteiger partial charge in [-0.15, -0.1) is 11.3 Å². The van der Waals surface area contributed by atoms with Crippen LogP contribution in [0.2, 0.25) is 0 Å². The van der Waals surface area contributed by atoms with Crippen molar-refractivity contribution in [2.75, 3.05) is 19.1 Å². The molecule has 26 heavy (non-hydrogen) atoms. The van der Waals surface area contributed by atoms with Gasteiger partial charge in [0, 0.05) is 13.1 Å². The van der Waals surface area contributed by atoms with Gasteiger partial charge < -0.3 is 19.2 Å². The van der Waals surface area contributed by atoms with Crippen LogP contribution in [0.15, 0.2) is 39.5 Å². The smallest absolute Gasteiger partial charge is 0.351 e. The molecule has 0 radical (unpaired) electrons. The largest absolute Gasteiger partial charge is 0.496 e. The van der Waals surface area contributed by atoms with Crippen LogP contribution in [0.3, 0.4) is 0 Å². The molecule has 8 heteroatoms. The molecule has 0 saturated heterocycles. The summed E-state index contributed by atoms with van der Waals surface area (Å²) < 4.78 is 10.8. The van der Waals surface area contributed by atoms with Gasteiger partial charge >= 0.3 is 11.6 Å². The molecule has 1 N–H and O–H groups in total. The number of para-hydroxylation sites is 1. The van der Waals surface area contributed by atoms with Gasteiger partial charge in [-0.05, 0) is 24.6 Å². The number of carboxylic acid groups (broad SMARTS) is 1. The first-order valence-electron chi connectivity index (χ1n) is 7.56. The SMILES string of the molecule is COc1c(C)cccc1C(=O)N(C)c1cc2oc(=O)c(C(=O)O)cc2s1. The zero-order valence-electron chi connectivity index (χ0n) is 14.2. The first-order valence-corrected chi connectivity index (χ1v) is 8.37. The van der Waals surface area contributed by atoms with Crippen molar-refractivity contribution in [2.24, 2.45) is 0 Å². The zero-order chi connectivity index (χ0) is 19.0. The van der Waals surface area contributed by atoms with E-state index in [0.717, 1.165) is 16.9 Å². The topological polar surface area (TPSA) is 97.0 Å². The fourth-order valence-electron chi connectivity index (χ4n) is 2.59. The molecule has 1 amide bonds. The van der Waals surface area contributed by atoms with E-state index in [1.165, 1.54) is 24.1 Å². The van der Waals surface area contributed by atoms with Crippen molar-refractivity contribution >= 4 is 38.5 Å². The van der Waals surface area contributed by atoms with Gasteiger partial charge in [0.1, 0.15) is 16.3 Å². The van der Waals surface area contributed by atoms with Crippen LogP contribution in [0.1, 0.15) is 26.3 Å². The minimum atomic E-state index is -1.36. The molecule has 0 atom stereocenters. The van der Waals surface area contributed by atoms with Crippen molar-refractivity contribution < 1.29 is 23.8 Å². The monoisotopic (exact) mass is 373 g/mol. The van der Waals surface area contributed by atoms with Gasteiger partial charge in [0.05, 0.1) is 17.4 Å². The summed E-state index contributed by atoms with van der Waals surface area (Å²) in [5.74, 6) is -1.16. The molecule has 2 heterocycles. The number of thiophene rings is 1. The van der Waals surface area contributed by atoms with Crippen molar-refractivity contribution in [1.82, 2.24) is 0 Å². The van der Waals surface area contributed by atoms with Crippen molar-refractivity contribution in [3.05, 3.63) is 57.4 Å². The number of aromatic carboxylic acids is 1. The Kier molecular flexibility index (Phi) is 4.52. The number of carbonyl (C=O) groups excluding carboxylic acids is 1. The van der Waals surface area contributed by atoms with E-state index in [1.807, 2.05) is 13.0 Å². The van der Waals surface area contributed by atoms with E-state index in [2.05, 4.69) is 0 Å². The zero-order valence-corrected chi connectivity index (χ0v) is 15.0. The van der Waals surface area contributed by atoms with Gasteiger partial charge in [-0.3, -0.25) is 4.79 Å². The quantitative estimate of drug-likeness (QED) is 0.755. The maximum Gasteiger partial charge on any atom is 0.351 e. The highest BCUT2D eigenvalue weighted by Crippen LogP contribution is 2.33. The summed E-state index contributed by atoms with van der Waals surface area (Å²) in [6.07, 6.45) is 0. The number of ether oxygens (including phenoxy) is 1. The Bertz CT molecular complexity index is 1080. The van der Waals surface area contributed by atoms with Crippen molar-refractivity contribution in [3.63, 3.8) is 0 Å². The molecule has 1 aromatic carbocycles. The van der Waals surface area contributed by atoms with Crippen LogP contribution in [-0.2, 0) is 0 Å². The number of benzene rings is 1. The standard InChI is InChI=1S/C18H15NO6S/c1-9-5-4-6-10(15(9)24-3)16(20)19(2)14-8-12-13(26-14)7-11(17(21)22)18(23)25-12/h4-8H,1-3H3,(H,21,22). The first-order chi connectivity index (χ1) is 12.3. The Morgan fingerprint density at radius 3 is 2.62 bits per heavy atom. The molecule has 3 rings (SSSR count). The summed E-state index contributed by atoms with van der Waals surface area (Å²) in [5, 5.41) is 9.54. The van der Waals surface area contributed by atoms with Crippen LogP contribution in [0, 0.1) is 6.92 Å². The van der Waals surface area contributed by atoms with Crippen LogP contribution in [0.4, 0.5) is 5.00 Å². The molecule has 0 unspecified atom stereocenters. The van der Waals surface area contributed by atoms with E-state index in [-0.39, 0.29) is 11.5 Å². The molecule has 0 aliphatic heterocycles. The molecular weight excluding hydrogens is 358 g/mol. The number of amides is 1. The Hall–Kier alpha value is -3.13. The second-order valence-electron chi connectivity index (χ2n) is 5.59. The number of aryl methyl sites for hydroxylation is 1. The van der Waals surface area contributed by atoms with E-state index in [9.17, 15) is 14.4 Å². The fraction of sp³-hybridized carbons (Fsp3) is 0.167. The normalized spacial score (nSPS) is 10.7. The molecule has 0 fully saturated rings. The molecule has 2 aromatic heterocycles. The maximum absolute atomic E-state index is 12.9. The number of anilines is 1. The third-order valence-corrected chi connectivity index (χ3v) is 5.06. The average Bonchev–Trinajstić information content (AvgIpc) is 3.02. The molecule has 0 spiro atoms. The Morgan fingerprint density at radius 2 is 1.96 bits per heavy atom. The van der Waals surface area contributed by atoms with Crippen molar-refractivity contribution in [2.45, 2.75) is 6.92 Å². The maximum atomic E-state index is 12.9. The van der Waals surface area contributed by atoms with Gasteiger partial charge in [-0.1, -0.05) is 12.1 Å². The van der Waals surface area contributed by atoms with Crippen LogP contribution < -0.4 is 15.3 Å². The first kappa shape index (κ1) is 17.7. The van der Waals surface area contributed by atoms with E-state index in [1.54, 1.807) is 19.2 Å². The second kappa shape index (κ2) is 6.64. The lowest BCUT2D eigenvalue weighted by molar-refractivity contribution is 0.0692. The highest BCUT2D eigenvalue weighted by atomic mass is 32.1. The van der Waals surface area contributed by atoms with Crippen molar-refractivity contribution in [3.8, 4) is 5.75 Å². The summed E-state index contributed by atoms with van der Waals surface area (Å²) >= 11 is 1.15. The number of hydrogen-bond donors (Lipinski definition) is 1. The summed E-state index contributed by atoms with van der Waals surface area (Å²) in [6, 6.07) is 8.07. The van der Waals surface area contributed by atoms with Crippen LogP contribution >= 0.6 is 11.3 Å². The number of carbonyl (C=O) groups is 2. The van der Waals surface area contributed by atoms with E-state index in [4.69, 9.17) is 14.3 Å². The average molecular weight is 373 g/mol. The van der Waals surface area contributed by atoms with Crippen LogP contribution in [0.25, 0.3) is 10.3 Å². The Balaban J connectivity index is 2.04. The number of methoxy groups -OCH3 is 1. The number of rotatable bonds is 4. The molecule has 7 nitrogen and oxygen atoms in total. The van der Waals surface area contributed by atoms with Crippen molar-refractivity contribution in [1.29, 1.82) is 0 Å². The van der Waals surface area contributed by atoms with Gasteiger partial charge in [-0.2, -0.15) is 0 Å². The highest BCUT2D eigenvalue weighted by molar-refractivity contribution is 7.22. The summed E-state index contributed by atoms with van der Waals surface area (Å²) in [5.41, 5.74) is 0.0973. The summed E-state index contributed by atoms with van der Waals surface area (Å²) in [7, 11) is 3.09. The molecular formula is C18H15NO6S. The summed E-state index contributed by atoms with van der Waals surface area (Å²) in [4.78, 5) is 37.0.